The zero-order valence-electron chi connectivity index (χ0n) is 18.5. The number of methoxy groups -OCH3 is 1. The van der Waals surface area contributed by atoms with Gasteiger partial charge in [0.15, 0.2) is 0 Å². The molecule has 0 aliphatic heterocycles. The summed E-state index contributed by atoms with van der Waals surface area (Å²) >= 11 is 6.28. The number of hydrogen-bond acceptors (Lipinski definition) is 6. The zero-order valence-corrected chi connectivity index (χ0v) is 19.3. The average Bonchev–Trinajstić information content (AvgIpc) is 3.20. The number of carbonyl (C=O) groups excluding carboxylic acids is 3. The van der Waals surface area contributed by atoms with Crippen LogP contribution in [0.4, 0.5) is 0 Å². The largest absolute Gasteiger partial charge is 0.469 e. The molecular formula is C24H24ClN3O5. The van der Waals surface area contributed by atoms with E-state index in [0.717, 1.165) is 0 Å². The van der Waals surface area contributed by atoms with Crippen LogP contribution in [0.3, 0.4) is 0 Å². The van der Waals surface area contributed by atoms with Crippen molar-refractivity contribution in [1.82, 2.24) is 15.1 Å². The van der Waals surface area contributed by atoms with E-state index in [2.05, 4.69) is 10.4 Å². The van der Waals surface area contributed by atoms with Crippen molar-refractivity contribution in [3.63, 3.8) is 0 Å². The van der Waals surface area contributed by atoms with Crippen molar-refractivity contribution in [1.29, 1.82) is 0 Å². The monoisotopic (exact) mass is 469 g/mol. The van der Waals surface area contributed by atoms with E-state index in [0.29, 0.717) is 33.1 Å². The molecule has 1 N–H and O–H groups in total. The molecule has 3 rings (SSSR count). The first-order valence-corrected chi connectivity index (χ1v) is 10.7. The van der Waals surface area contributed by atoms with Crippen LogP contribution in [-0.2, 0) is 14.3 Å². The van der Waals surface area contributed by atoms with E-state index < -0.39 is 18.0 Å². The quantitative estimate of drug-likeness (QED) is 0.500. The third-order valence-electron chi connectivity index (χ3n) is 5.06. The third-order valence-corrected chi connectivity index (χ3v) is 5.41. The minimum absolute atomic E-state index is 0.0623. The summed E-state index contributed by atoms with van der Waals surface area (Å²) in [5.41, 5.74) is 2.69. The molecule has 1 amide bonds. The number of halogens is 1. The van der Waals surface area contributed by atoms with E-state index in [1.807, 2.05) is 0 Å². The van der Waals surface area contributed by atoms with Gasteiger partial charge in [-0.05, 0) is 49.7 Å². The van der Waals surface area contributed by atoms with Gasteiger partial charge in [-0.2, -0.15) is 5.10 Å². The lowest BCUT2D eigenvalue weighted by Crippen LogP contribution is -2.30. The molecule has 1 heterocycles. The van der Waals surface area contributed by atoms with E-state index in [4.69, 9.17) is 21.1 Å². The van der Waals surface area contributed by atoms with Crippen molar-refractivity contribution in [3.05, 3.63) is 82.1 Å². The molecule has 33 heavy (non-hydrogen) atoms. The number of carbonyl (C=O) groups is 3. The highest BCUT2D eigenvalue weighted by Gasteiger charge is 2.22. The summed E-state index contributed by atoms with van der Waals surface area (Å²) < 4.78 is 11.4. The molecule has 0 saturated heterocycles. The van der Waals surface area contributed by atoms with Crippen LogP contribution < -0.4 is 5.32 Å². The van der Waals surface area contributed by atoms with Crippen LogP contribution >= 0.6 is 11.6 Å². The molecule has 1 aromatic heterocycles. The molecule has 2 aromatic carbocycles. The normalized spacial score (nSPS) is 11.5. The number of benzene rings is 2. The molecule has 0 aliphatic rings. The van der Waals surface area contributed by atoms with Gasteiger partial charge in [-0.25, -0.2) is 9.48 Å². The second kappa shape index (κ2) is 10.8. The lowest BCUT2D eigenvalue weighted by atomic mass is 10.0. The maximum atomic E-state index is 12.9. The van der Waals surface area contributed by atoms with E-state index in [-0.39, 0.29) is 18.9 Å². The van der Waals surface area contributed by atoms with E-state index in [9.17, 15) is 14.4 Å². The summed E-state index contributed by atoms with van der Waals surface area (Å²) in [7, 11) is 1.29. The summed E-state index contributed by atoms with van der Waals surface area (Å²) in [6.07, 6.45) is 1.39. The van der Waals surface area contributed by atoms with Gasteiger partial charge in [0.05, 0.1) is 43.8 Å². The third kappa shape index (κ3) is 5.59. The number of nitrogens with zero attached hydrogens (tertiary/aromatic N) is 2. The van der Waals surface area contributed by atoms with Crippen LogP contribution in [0.1, 0.15) is 51.4 Å². The Bertz CT molecular complexity index is 1160. The summed E-state index contributed by atoms with van der Waals surface area (Å²) in [6, 6.07) is 13.0. The minimum atomic E-state index is -0.654. The number of aromatic nitrogens is 2. The lowest BCUT2D eigenvalue weighted by Gasteiger charge is -2.19. The van der Waals surface area contributed by atoms with E-state index in [1.165, 1.54) is 13.3 Å². The van der Waals surface area contributed by atoms with Gasteiger partial charge >= 0.3 is 11.9 Å². The Hall–Kier alpha value is -3.65. The highest BCUT2D eigenvalue weighted by atomic mass is 35.5. The van der Waals surface area contributed by atoms with Crippen LogP contribution in [0.5, 0.6) is 0 Å². The number of nitrogens with one attached hydrogen (secondary N) is 1. The maximum absolute atomic E-state index is 12.9. The zero-order chi connectivity index (χ0) is 24.0. The Kier molecular flexibility index (Phi) is 7.84. The van der Waals surface area contributed by atoms with Gasteiger partial charge in [-0.15, -0.1) is 0 Å². The maximum Gasteiger partial charge on any atom is 0.341 e. The molecule has 1 atom stereocenters. The van der Waals surface area contributed by atoms with E-state index in [1.54, 1.807) is 67.1 Å². The fourth-order valence-electron chi connectivity index (χ4n) is 3.32. The molecule has 0 saturated carbocycles. The van der Waals surface area contributed by atoms with Crippen LogP contribution in [0, 0.1) is 6.92 Å². The van der Waals surface area contributed by atoms with Crippen molar-refractivity contribution in [2.45, 2.75) is 26.3 Å². The second-order valence-electron chi connectivity index (χ2n) is 7.15. The number of amides is 1. The summed E-state index contributed by atoms with van der Waals surface area (Å²) in [4.78, 5) is 36.8. The van der Waals surface area contributed by atoms with Gasteiger partial charge in [-0.3, -0.25) is 9.59 Å². The molecule has 0 radical (unpaired) electrons. The van der Waals surface area contributed by atoms with Gasteiger partial charge in [-0.1, -0.05) is 29.8 Å². The number of ether oxygens (including phenoxy) is 2. The average molecular weight is 470 g/mol. The van der Waals surface area contributed by atoms with Crippen LogP contribution in [0.25, 0.3) is 5.69 Å². The van der Waals surface area contributed by atoms with Crippen LogP contribution in [0.2, 0.25) is 5.02 Å². The molecule has 0 spiro atoms. The summed E-state index contributed by atoms with van der Waals surface area (Å²) in [6.45, 7) is 3.78. The molecule has 9 heteroatoms. The first kappa shape index (κ1) is 24.0. The van der Waals surface area contributed by atoms with Crippen molar-refractivity contribution in [2.24, 2.45) is 0 Å². The first-order chi connectivity index (χ1) is 15.8. The number of hydrogen-bond donors (Lipinski definition) is 1. The Labute approximate surface area is 196 Å². The molecule has 172 valence electrons. The predicted molar refractivity (Wildman–Crippen MR) is 123 cm³/mol. The van der Waals surface area contributed by atoms with Crippen molar-refractivity contribution in [3.8, 4) is 5.69 Å². The van der Waals surface area contributed by atoms with Crippen molar-refractivity contribution < 1.29 is 23.9 Å². The van der Waals surface area contributed by atoms with Crippen molar-refractivity contribution >= 4 is 29.4 Å². The van der Waals surface area contributed by atoms with Gasteiger partial charge < -0.3 is 14.8 Å². The van der Waals surface area contributed by atoms with Crippen LogP contribution in [-0.4, -0.2) is 41.3 Å². The van der Waals surface area contributed by atoms with E-state index >= 15 is 0 Å². The molecule has 8 nitrogen and oxygen atoms in total. The standard InChI is InChI=1S/C24H24ClN3O5/c1-4-33-24(31)19-14-26-28(15(19)2)17-11-9-16(10-12-17)23(30)27-21(13-22(29)32-3)18-7-5-6-8-20(18)25/h5-12,14,21H,4,13H2,1-3H3,(H,27,30). The van der Waals surface area contributed by atoms with Gasteiger partial charge in [0.1, 0.15) is 5.56 Å². The minimum Gasteiger partial charge on any atom is -0.469 e. The highest BCUT2D eigenvalue weighted by molar-refractivity contribution is 6.31. The number of rotatable bonds is 8. The molecular weight excluding hydrogens is 446 g/mol. The smallest absolute Gasteiger partial charge is 0.341 e. The van der Waals surface area contributed by atoms with Crippen molar-refractivity contribution in [2.75, 3.05) is 13.7 Å². The SMILES string of the molecule is CCOC(=O)c1cnn(-c2ccc(C(=O)NC(CC(=O)OC)c3ccccc3Cl)cc2)c1C. The fourth-order valence-corrected chi connectivity index (χ4v) is 3.59. The summed E-state index contributed by atoms with van der Waals surface area (Å²) in [5.74, 6) is -1.28. The molecule has 0 bridgehead atoms. The Morgan fingerprint density at radius 3 is 2.45 bits per heavy atom. The Balaban J connectivity index is 1.80. The second-order valence-corrected chi connectivity index (χ2v) is 7.56. The number of esters is 2. The Morgan fingerprint density at radius 2 is 1.82 bits per heavy atom. The topological polar surface area (TPSA) is 99.5 Å². The molecule has 0 aliphatic carbocycles. The molecule has 0 fully saturated rings. The van der Waals surface area contributed by atoms with Gasteiger partial charge in [0.2, 0.25) is 0 Å². The Morgan fingerprint density at radius 1 is 1.12 bits per heavy atom. The van der Waals surface area contributed by atoms with Gasteiger partial charge in [0.25, 0.3) is 5.91 Å². The molecule has 3 aromatic rings. The highest BCUT2D eigenvalue weighted by Crippen LogP contribution is 2.26. The fraction of sp³-hybridized carbons (Fsp3) is 0.250. The predicted octanol–water partition coefficient (Wildman–Crippen LogP) is 4.05. The molecule has 1 unspecified atom stereocenters. The van der Waals surface area contributed by atoms with Gasteiger partial charge in [0, 0.05) is 10.6 Å². The van der Waals surface area contributed by atoms with Crippen LogP contribution in [0.15, 0.2) is 54.7 Å². The lowest BCUT2D eigenvalue weighted by molar-refractivity contribution is -0.141. The summed E-state index contributed by atoms with van der Waals surface area (Å²) in [5, 5.41) is 7.54. The first-order valence-electron chi connectivity index (χ1n) is 10.3.